The van der Waals surface area contributed by atoms with E-state index in [1.807, 2.05) is 0 Å². The first-order chi connectivity index (χ1) is 26.3. The predicted octanol–water partition coefficient (Wildman–Crippen LogP) is 13.0. The standard InChI is InChI=1S/C44H86NO8P/c1-3-5-7-9-11-13-15-17-19-20-21-23-25-27-29-31-33-35-37-44(47)53-42(41-52-54(48,49)51-39-38-45)40-50-43(46)36-34-32-30-28-26-24-22-18-16-14-12-10-8-6-4-2/h18,22,42H,3-17,19-21,23-41,45H2,1-2H3,(H,48,49)/b22-18-/t42-/m1/s1. The smallest absolute Gasteiger partial charge is 0.462 e. The molecule has 0 rings (SSSR count). The summed E-state index contributed by atoms with van der Waals surface area (Å²) in [4.78, 5) is 34.9. The van der Waals surface area contributed by atoms with E-state index in [1.54, 1.807) is 0 Å². The van der Waals surface area contributed by atoms with Crippen molar-refractivity contribution in [3.05, 3.63) is 12.2 Å². The average Bonchev–Trinajstić information content (AvgIpc) is 3.16. The second-order valence-electron chi connectivity index (χ2n) is 15.3. The highest BCUT2D eigenvalue weighted by atomic mass is 31.2. The fourth-order valence-corrected chi connectivity index (χ4v) is 7.28. The first-order valence-electron chi connectivity index (χ1n) is 22.7. The molecule has 0 fully saturated rings. The molecule has 0 amide bonds. The second kappa shape index (κ2) is 41.4. The number of carbonyl (C=O) groups excluding carboxylic acids is 2. The van der Waals surface area contributed by atoms with E-state index in [0.717, 1.165) is 51.4 Å². The Kier molecular flexibility index (Phi) is 40.4. The molecule has 0 saturated heterocycles. The van der Waals surface area contributed by atoms with Gasteiger partial charge in [0.15, 0.2) is 6.10 Å². The number of rotatable bonds is 43. The van der Waals surface area contributed by atoms with Gasteiger partial charge in [-0.25, -0.2) is 4.57 Å². The van der Waals surface area contributed by atoms with Crippen LogP contribution < -0.4 is 5.73 Å². The molecule has 1 unspecified atom stereocenters. The summed E-state index contributed by atoms with van der Waals surface area (Å²) < 4.78 is 32.8. The molecular formula is C44H86NO8P. The van der Waals surface area contributed by atoms with Gasteiger partial charge in [-0.05, 0) is 38.5 Å². The molecule has 3 N–H and O–H groups in total. The van der Waals surface area contributed by atoms with Crippen molar-refractivity contribution in [3.63, 3.8) is 0 Å². The van der Waals surface area contributed by atoms with E-state index >= 15 is 0 Å². The number of carbonyl (C=O) groups is 2. The maximum absolute atomic E-state index is 12.6. The van der Waals surface area contributed by atoms with Crippen LogP contribution in [0, 0.1) is 0 Å². The number of esters is 2. The van der Waals surface area contributed by atoms with Crippen LogP contribution in [-0.2, 0) is 32.7 Å². The number of allylic oxidation sites excluding steroid dienone is 2. The Balaban J connectivity index is 4.10. The third-order valence-corrected chi connectivity index (χ3v) is 10.9. The molecule has 0 aliphatic rings. The van der Waals surface area contributed by atoms with Gasteiger partial charge in [-0.1, -0.05) is 187 Å². The van der Waals surface area contributed by atoms with E-state index in [4.69, 9.17) is 24.3 Å². The molecule has 9 nitrogen and oxygen atoms in total. The molecule has 0 bridgehead atoms. The summed E-state index contributed by atoms with van der Waals surface area (Å²) in [6.07, 6.45) is 42.4. The lowest BCUT2D eigenvalue weighted by Gasteiger charge is -2.19. The SMILES string of the molecule is CCCCCCCC/C=C\CCCCCCCC(=O)OC[C@H](COP(=O)(O)OCCN)OC(=O)CCCCCCCCCCCCCCCCCCCC. The van der Waals surface area contributed by atoms with Crippen molar-refractivity contribution < 1.29 is 37.6 Å². The Hall–Kier alpha value is -1.25. The highest BCUT2D eigenvalue weighted by Gasteiger charge is 2.26. The average molecular weight is 788 g/mol. The number of phosphoric acid groups is 1. The third kappa shape index (κ3) is 40.4. The summed E-state index contributed by atoms with van der Waals surface area (Å²) in [5.74, 6) is -0.826. The fourth-order valence-electron chi connectivity index (χ4n) is 6.51. The third-order valence-electron chi connectivity index (χ3n) is 9.90. The highest BCUT2D eigenvalue weighted by molar-refractivity contribution is 7.47. The molecule has 10 heteroatoms. The van der Waals surface area contributed by atoms with Crippen LogP contribution in [0.4, 0.5) is 0 Å². The van der Waals surface area contributed by atoms with Crippen molar-refractivity contribution in [2.75, 3.05) is 26.4 Å². The van der Waals surface area contributed by atoms with Gasteiger partial charge in [-0.2, -0.15) is 0 Å². The number of hydrogen-bond donors (Lipinski definition) is 2. The Morgan fingerprint density at radius 1 is 0.537 bits per heavy atom. The summed E-state index contributed by atoms with van der Waals surface area (Å²) in [5, 5.41) is 0. The Morgan fingerprint density at radius 2 is 0.907 bits per heavy atom. The lowest BCUT2D eigenvalue weighted by Crippen LogP contribution is -2.29. The van der Waals surface area contributed by atoms with Crippen LogP contribution in [-0.4, -0.2) is 49.3 Å². The molecule has 0 aromatic heterocycles. The molecule has 0 aromatic carbocycles. The van der Waals surface area contributed by atoms with E-state index in [2.05, 4.69) is 26.0 Å². The highest BCUT2D eigenvalue weighted by Crippen LogP contribution is 2.43. The van der Waals surface area contributed by atoms with Crippen LogP contribution in [0.1, 0.15) is 226 Å². The fraction of sp³-hybridized carbons (Fsp3) is 0.909. The van der Waals surface area contributed by atoms with Crippen LogP contribution in [0.2, 0.25) is 0 Å². The number of phosphoric ester groups is 1. The van der Waals surface area contributed by atoms with Gasteiger partial charge >= 0.3 is 19.8 Å². The first-order valence-corrected chi connectivity index (χ1v) is 24.2. The monoisotopic (exact) mass is 788 g/mol. The summed E-state index contributed by atoms with van der Waals surface area (Å²) >= 11 is 0. The molecule has 0 aliphatic carbocycles. The zero-order valence-electron chi connectivity index (χ0n) is 35.2. The molecule has 2 atom stereocenters. The molecule has 0 saturated carbocycles. The minimum Gasteiger partial charge on any atom is -0.462 e. The minimum absolute atomic E-state index is 0.0553. The Bertz CT molecular complexity index is 902. The normalized spacial score (nSPS) is 13.3. The quantitative estimate of drug-likeness (QED) is 0.0268. The van der Waals surface area contributed by atoms with Crippen LogP contribution in [0.25, 0.3) is 0 Å². The topological polar surface area (TPSA) is 134 Å². The molecule has 0 aromatic rings. The van der Waals surface area contributed by atoms with Crippen LogP contribution in [0.15, 0.2) is 12.2 Å². The van der Waals surface area contributed by atoms with Gasteiger partial charge in [0.2, 0.25) is 0 Å². The molecule has 320 valence electrons. The van der Waals surface area contributed by atoms with Crippen molar-refractivity contribution in [2.24, 2.45) is 5.73 Å². The zero-order chi connectivity index (χ0) is 39.6. The van der Waals surface area contributed by atoms with Crippen LogP contribution in [0.5, 0.6) is 0 Å². The summed E-state index contributed by atoms with van der Waals surface area (Å²) in [6, 6.07) is 0. The largest absolute Gasteiger partial charge is 0.472 e. The summed E-state index contributed by atoms with van der Waals surface area (Å²) in [7, 11) is -4.37. The van der Waals surface area contributed by atoms with Crippen molar-refractivity contribution in [3.8, 4) is 0 Å². The predicted molar refractivity (Wildman–Crippen MR) is 224 cm³/mol. The Labute approximate surface area is 332 Å². The number of hydrogen-bond acceptors (Lipinski definition) is 8. The molecule has 0 radical (unpaired) electrons. The van der Waals surface area contributed by atoms with Gasteiger partial charge in [0.25, 0.3) is 0 Å². The lowest BCUT2D eigenvalue weighted by atomic mass is 10.0. The van der Waals surface area contributed by atoms with Crippen molar-refractivity contribution >= 4 is 19.8 Å². The number of unbranched alkanes of at least 4 members (excludes halogenated alkanes) is 28. The van der Waals surface area contributed by atoms with E-state index in [1.165, 1.54) is 141 Å². The van der Waals surface area contributed by atoms with Gasteiger partial charge in [0.1, 0.15) is 6.61 Å². The molecule has 0 aliphatic heterocycles. The van der Waals surface area contributed by atoms with E-state index in [0.29, 0.717) is 6.42 Å². The van der Waals surface area contributed by atoms with Gasteiger partial charge in [-0.15, -0.1) is 0 Å². The first kappa shape index (κ1) is 52.8. The van der Waals surface area contributed by atoms with Gasteiger partial charge in [0.05, 0.1) is 13.2 Å². The van der Waals surface area contributed by atoms with Crippen LogP contribution in [0.3, 0.4) is 0 Å². The molecule has 0 heterocycles. The Morgan fingerprint density at radius 3 is 1.31 bits per heavy atom. The van der Waals surface area contributed by atoms with Crippen molar-refractivity contribution in [1.82, 2.24) is 0 Å². The number of ether oxygens (including phenoxy) is 2. The second-order valence-corrected chi connectivity index (χ2v) is 16.7. The molecule has 0 spiro atoms. The number of nitrogens with two attached hydrogens (primary N) is 1. The maximum atomic E-state index is 12.6. The van der Waals surface area contributed by atoms with Crippen molar-refractivity contribution in [1.29, 1.82) is 0 Å². The van der Waals surface area contributed by atoms with Gasteiger partial charge in [-0.3, -0.25) is 18.6 Å². The van der Waals surface area contributed by atoms with E-state index < -0.39 is 26.5 Å². The molecular weight excluding hydrogens is 701 g/mol. The minimum atomic E-state index is -4.37. The summed E-state index contributed by atoms with van der Waals surface area (Å²) in [5.41, 5.74) is 5.35. The molecule has 54 heavy (non-hydrogen) atoms. The zero-order valence-corrected chi connectivity index (χ0v) is 36.1. The van der Waals surface area contributed by atoms with E-state index in [9.17, 15) is 19.0 Å². The summed E-state index contributed by atoms with van der Waals surface area (Å²) in [6.45, 7) is 3.75. The maximum Gasteiger partial charge on any atom is 0.472 e. The van der Waals surface area contributed by atoms with Gasteiger partial charge in [0, 0.05) is 19.4 Å². The van der Waals surface area contributed by atoms with Crippen LogP contribution >= 0.6 is 7.82 Å². The van der Waals surface area contributed by atoms with Crippen molar-refractivity contribution in [2.45, 2.75) is 232 Å². The van der Waals surface area contributed by atoms with Gasteiger partial charge < -0.3 is 20.1 Å². The van der Waals surface area contributed by atoms with E-state index in [-0.39, 0.29) is 38.6 Å². The lowest BCUT2D eigenvalue weighted by molar-refractivity contribution is -0.161.